The van der Waals surface area contributed by atoms with Gasteiger partial charge in [-0.2, -0.15) is 0 Å². The molecule has 0 bridgehead atoms. The molecule has 2 N–H and O–H groups in total. The van der Waals surface area contributed by atoms with E-state index in [0.717, 1.165) is 16.6 Å². The van der Waals surface area contributed by atoms with Crippen LogP contribution < -0.4 is 5.73 Å². The van der Waals surface area contributed by atoms with Crippen molar-refractivity contribution in [2.45, 2.75) is 13.8 Å². The Morgan fingerprint density at radius 3 is 2.65 bits per heavy atom. The summed E-state index contributed by atoms with van der Waals surface area (Å²) in [7, 11) is 0. The summed E-state index contributed by atoms with van der Waals surface area (Å²) in [4.78, 5) is 4.43. The number of fused-ring (bicyclic) bond motifs is 1. The maximum atomic E-state index is 6.29. The molecule has 3 rings (SSSR count). The summed E-state index contributed by atoms with van der Waals surface area (Å²) in [5.74, 6) is 0.382. The summed E-state index contributed by atoms with van der Waals surface area (Å²) < 4.78 is 5.76. The first-order valence-electron chi connectivity index (χ1n) is 6.09. The van der Waals surface area contributed by atoms with Gasteiger partial charge in [0.25, 0.3) is 0 Å². The van der Waals surface area contributed by atoms with Crippen molar-refractivity contribution in [2.75, 3.05) is 5.73 Å². The Bertz CT molecular complexity index is 824. The molecule has 102 valence electrons. The lowest BCUT2D eigenvalue weighted by molar-refractivity contribution is 0.619. The van der Waals surface area contributed by atoms with Crippen molar-refractivity contribution >= 4 is 40.0 Å². The zero-order valence-corrected chi connectivity index (χ0v) is 12.5. The van der Waals surface area contributed by atoms with Crippen LogP contribution in [0.15, 0.2) is 28.7 Å². The predicted molar refractivity (Wildman–Crippen MR) is 83.4 cm³/mol. The van der Waals surface area contributed by atoms with Crippen LogP contribution in [-0.4, -0.2) is 4.98 Å². The van der Waals surface area contributed by atoms with Crippen LogP contribution in [0.5, 0.6) is 0 Å². The Morgan fingerprint density at radius 1 is 1.15 bits per heavy atom. The van der Waals surface area contributed by atoms with Crippen LogP contribution in [0.2, 0.25) is 10.0 Å². The SMILES string of the molecule is Cc1ccc2nc(-c3c(Cl)cc(C)c(N)c3Cl)oc2c1. The van der Waals surface area contributed by atoms with Crippen molar-refractivity contribution in [1.29, 1.82) is 0 Å². The van der Waals surface area contributed by atoms with E-state index in [1.54, 1.807) is 6.07 Å². The van der Waals surface area contributed by atoms with Crippen LogP contribution in [0.4, 0.5) is 5.69 Å². The molecule has 0 aliphatic carbocycles. The van der Waals surface area contributed by atoms with Crippen LogP contribution in [0.25, 0.3) is 22.6 Å². The van der Waals surface area contributed by atoms with Gasteiger partial charge in [0, 0.05) is 0 Å². The lowest BCUT2D eigenvalue weighted by Crippen LogP contribution is -1.94. The molecule has 1 heterocycles. The smallest absolute Gasteiger partial charge is 0.230 e. The lowest BCUT2D eigenvalue weighted by Gasteiger charge is -2.08. The molecule has 0 unspecified atom stereocenters. The number of nitrogens with zero attached hydrogens (tertiary/aromatic N) is 1. The van der Waals surface area contributed by atoms with E-state index < -0.39 is 0 Å². The third-order valence-electron chi connectivity index (χ3n) is 3.22. The maximum absolute atomic E-state index is 6.29. The number of halogens is 2. The van der Waals surface area contributed by atoms with E-state index in [2.05, 4.69) is 4.98 Å². The van der Waals surface area contributed by atoms with E-state index in [1.807, 2.05) is 32.0 Å². The predicted octanol–water partition coefficient (Wildman–Crippen LogP) is 5.00. The van der Waals surface area contributed by atoms with Gasteiger partial charge < -0.3 is 10.2 Å². The van der Waals surface area contributed by atoms with Crippen LogP contribution in [0.3, 0.4) is 0 Å². The Morgan fingerprint density at radius 2 is 1.90 bits per heavy atom. The number of hydrogen-bond acceptors (Lipinski definition) is 3. The van der Waals surface area contributed by atoms with E-state index in [0.29, 0.717) is 32.8 Å². The van der Waals surface area contributed by atoms with E-state index in [9.17, 15) is 0 Å². The van der Waals surface area contributed by atoms with Crippen molar-refractivity contribution in [3.05, 3.63) is 45.4 Å². The fourth-order valence-electron chi connectivity index (χ4n) is 2.09. The summed E-state index contributed by atoms with van der Waals surface area (Å²) in [5.41, 5.74) is 10.4. The molecule has 0 radical (unpaired) electrons. The number of oxazole rings is 1. The van der Waals surface area contributed by atoms with Gasteiger partial charge in [0.15, 0.2) is 5.58 Å². The van der Waals surface area contributed by atoms with Gasteiger partial charge in [-0.25, -0.2) is 4.98 Å². The quantitative estimate of drug-likeness (QED) is 0.644. The summed E-state index contributed by atoms with van der Waals surface area (Å²) in [6, 6.07) is 7.56. The molecule has 0 aliphatic heterocycles. The molecular weight excluding hydrogens is 295 g/mol. The van der Waals surface area contributed by atoms with E-state index in [1.165, 1.54) is 0 Å². The molecule has 0 aliphatic rings. The van der Waals surface area contributed by atoms with Gasteiger partial charge in [0.2, 0.25) is 5.89 Å². The highest BCUT2D eigenvalue weighted by Crippen LogP contribution is 2.40. The number of nitrogens with two attached hydrogens (primary N) is 1. The average molecular weight is 307 g/mol. The zero-order valence-electron chi connectivity index (χ0n) is 11.0. The van der Waals surface area contributed by atoms with Crippen LogP contribution in [-0.2, 0) is 0 Å². The Kier molecular flexibility index (Phi) is 3.11. The molecule has 0 saturated carbocycles. The highest BCUT2D eigenvalue weighted by molar-refractivity contribution is 6.40. The molecule has 3 aromatic rings. The van der Waals surface area contributed by atoms with Gasteiger partial charge >= 0.3 is 0 Å². The fraction of sp³-hybridized carbons (Fsp3) is 0.133. The van der Waals surface area contributed by atoms with Crippen LogP contribution >= 0.6 is 23.2 Å². The van der Waals surface area contributed by atoms with Gasteiger partial charge in [0.05, 0.1) is 21.3 Å². The number of rotatable bonds is 1. The van der Waals surface area contributed by atoms with Crippen molar-refractivity contribution in [3.63, 3.8) is 0 Å². The van der Waals surface area contributed by atoms with Crippen LogP contribution in [0, 0.1) is 13.8 Å². The second-order valence-corrected chi connectivity index (χ2v) is 5.55. The topological polar surface area (TPSA) is 52.0 Å². The first-order chi connectivity index (χ1) is 9.47. The Hall–Kier alpha value is -1.71. The summed E-state index contributed by atoms with van der Waals surface area (Å²) >= 11 is 12.5. The minimum Gasteiger partial charge on any atom is -0.436 e. The second kappa shape index (κ2) is 4.69. The number of aryl methyl sites for hydroxylation is 2. The number of nitrogen functional groups attached to an aromatic ring is 1. The van der Waals surface area contributed by atoms with Gasteiger partial charge in [-0.1, -0.05) is 29.3 Å². The van der Waals surface area contributed by atoms with E-state index in [-0.39, 0.29) is 0 Å². The molecule has 0 fully saturated rings. The maximum Gasteiger partial charge on any atom is 0.230 e. The van der Waals surface area contributed by atoms with Crippen molar-refractivity contribution in [2.24, 2.45) is 0 Å². The standard InChI is InChI=1S/C15H12Cl2N2O/c1-7-3-4-10-11(5-7)20-15(19-10)12-9(16)6-8(2)14(18)13(12)17/h3-6H,18H2,1-2H3. The van der Waals surface area contributed by atoms with Crippen LogP contribution in [0.1, 0.15) is 11.1 Å². The molecule has 2 aromatic carbocycles. The summed E-state index contributed by atoms with van der Waals surface area (Å²) in [5, 5.41) is 0.850. The minimum atomic E-state index is 0.373. The Balaban J connectivity index is 2.28. The highest BCUT2D eigenvalue weighted by Gasteiger charge is 2.18. The summed E-state index contributed by atoms with van der Waals surface area (Å²) in [6.07, 6.45) is 0. The van der Waals surface area contributed by atoms with Crippen molar-refractivity contribution in [3.8, 4) is 11.5 Å². The molecular formula is C15H12Cl2N2O. The van der Waals surface area contributed by atoms with Gasteiger partial charge in [0.1, 0.15) is 5.52 Å². The fourth-order valence-corrected chi connectivity index (χ4v) is 2.81. The average Bonchev–Trinajstić information content (AvgIpc) is 2.78. The molecule has 0 amide bonds. The lowest BCUT2D eigenvalue weighted by atomic mass is 10.1. The number of hydrogen-bond donors (Lipinski definition) is 1. The van der Waals surface area contributed by atoms with Gasteiger partial charge in [-0.15, -0.1) is 0 Å². The number of anilines is 1. The van der Waals surface area contributed by atoms with Crippen molar-refractivity contribution in [1.82, 2.24) is 4.98 Å². The molecule has 0 atom stereocenters. The molecule has 3 nitrogen and oxygen atoms in total. The van der Waals surface area contributed by atoms with Gasteiger partial charge in [-0.3, -0.25) is 0 Å². The first kappa shape index (κ1) is 13.3. The molecule has 5 heteroatoms. The largest absolute Gasteiger partial charge is 0.436 e. The monoisotopic (exact) mass is 306 g/mol. The normalized spacial score (nSPS) is 11.2. The first-order valence-corrected chi connectivity index (χ1v) is 6.84. The highest BCUT2D eigenvalue weighted by atomic mass is 35.5. The number of aromatic nitrogens is 1. The third kappa shape index (κ3) is 2.03. The Labute approximate surface area is 126 Å². The third-order valence-corrected chi connectivity index (χ3v) is 3.91. The number of benzene rings is 2. The molecule has 0 saturated heterocycles. The van der Waals surface area contributed by atoms with Gasteiger partial charge in [-0.05, 0) is 43.2 Å². The molecule has 0 spiro atoms. The minimum absolute atomic E-state index is 0.373. The van der Waals surface area contributed by atoms with E-state index in [4.69, 9.17) is 33.4 Å². The molecule has 1 aromatic heterocycles. The van der Waals surface area contributed by atoms with E-state index >= 15 is 0 Å². The molecule has 20 heavy (non-hydrogen) atoms. The van der Waals surface area contributed by atoms with Crippen molar-refractivity contribution < 1.29 is 4.42 Å². The summed E-state index contributed by atoms with van der Waals surface area (Å²) in [6.45, 7) is 3.84. The zero-order chi connectivity index (χ0) is 14.4. The second-order valence-electron chi connectivity index (χ2n) is 4.77.